The van der Waals surface area contributed by atoms with Gasteiger partial charge in [0.2, 0.25) is 23.6 Å². The maximum absolute atomic E-state index is 13.9. The number of benzene rings is 2. The van der Waals surface area contributed by atoms with Crippen LogP contribution in [0.4, 0.5) is 5.69 Å². The van der Waals surface area contributed by atoms with Crippen LogP contribution in [-0.2, 0) is 39.9 Å². The van der Waals surface area contributed by atoms with Crippen molar-refractivity contribution >= 4 is 40.7 Å². The summed E-state index contributed by atoms with van der Waals surface area (Å²) in [6.45, 7) is 11.7. The summed E-state index contributed by atoms with van der Waals surface area (Å²) in [5.41, 5.74) is 8.56. The van der Waals surface area contributed by atoms with Crippen molar-refractivity contribution in [1.29, 1.82) is 0 Å². The van der Waals surface area contributed by atoms with Crippen LogP contribution in [0.15, 0.2) is 48.5 Å². The highest BCUT2D eigenvalue weighted by molar-refractivity contribution is 6.01. The highest BCUT2D eigenvalue weighted by Crippen LogP contribution is 2.37. The van der Waals surface area contributed by atoms with E-state index in [4.69, 9.17) is 25.8 Å². The summed E-state index contributed by atoms with van der Waals surface area (Å²) in [4.78, 5) is 52.1. The summed E-state index contributed by atoms with van der Waals surface area (Å²) < 4.78 is 17.2. The molecule has 0 radical (unpaired) electrons. The molecular formula is C38H57N7O7. The number of ether oxygens (including phenoxy) is 3. The summed E-state index contributed by atoms with van der Waals surface area (Å²) in [5.74, 6) is 5.98. The first-order valence-electron chi connectivity index (χ1n) is 17.5. The number of amides is 4. The minimum atomic E-state index is -0.793. The Morgan fingerprint density at radius 1 is 0.865 bits per heavy atom. The van der Waals surface area contributed by atoms with Crippen molar-refractivity contribution in [2.45, 2.75) is 78.6 Å². The van der Waals surface area contributed by atoms with Crippen LogP contribution in [0.5, 0.6) is 0 Å². The molecule has 1 heterocycles. The molecule has 0 atom stereocenters. The number of nitrogens with zero attached hydrogens (tertiary/aromatic N) is 2. The van der Waals surface area contributed by atoms with Crippen LogP contribution in [0.25, 0.3) is 11.4 Å². The van der Waals surface area contributed by atoms with Gasteiger partial charge in [0, 0.05) is 50.2 Å². The number of hydrogen-bond acceptors (Lipinski definition) is 10. The van der Waals surface area contributed by atoms with Gasteiger partial charge < -0.3 is 45.8 Å². The van der Waals surface area contributed by atoms with E-state index in [9.17, 15) is 19.2 Å². The van der Waals surface area contributed by atoms with Gasteiger partial charge in [0.15, 0.2) is 0 Å². The lowest BCUT2D eigenvalue weighted by Crippen LogP contribution is -2.45. The molecule has 1 aliphatic rings. The number of carbonyl (C=O) groups is 4. The normalized spacial score (nSPS) is 14.8. The number of hydrogen-bond donors (Lipinski definition) is 5. The zero-order chi connectivity index (χ0) is 38.7. The lowest BCUT2D eigenvalue weighted by atomic mass is 9.88. The predicted octanol–water partition coefficient (Wildman–Crippen LogP) is 2.86. The van der Waals surface area contributed by atoms with Gasteiger partial charge in [-0.25, -0.2) is 5.84 Å². The SMILES string of the molecule is CNC(=O)COCOC(C)(C)CN(N)/C1=C(\N)c2ccccc2N(C(=O)CCNC(=O)CC(C)(C)OCCC(C)(C)C(=O)NC)Cc2ccccc21. The van der Waals surface area contributed by atoms with Gasteiger partial charge in [0.05, 0.1) is 47.8 Å². The van der Waals surface area contributed by atoms with Gasteiger partial charge in [0.1, 0.15) is 13.4 Å². The van der Waals surface area contributed by atoms with Crippen molar-refractivity contribution in [3.8, 4) is 0 Å². The van der Waals surface area contributed by atoms with Crippen molar-refractivity contribution in [3.63, 3.8) is 0 Å². The first-order valence-corrected chi connectivity index (χ1v) is 17.5. The zero-order valence-electron chi connectivity index (χ0n) is 31.9. The third-order valence-corrected chi connectivity index (χ3v) is 8.83. The zero-order valence-corrected chi connectivity index (χ0v) is 31.9. The molecule has 0 saturated heterocycles. The van der Waals surface area contributed by atoms with E-state index in [1.54, 1.807) is 17.0 Å². The van der Waals surface area contributed by atoms with E-state index in [1.165, 1.54) is 7.05 Å². The molecule has 52 heavy (non-hydrogen) atoms. The van der Waals surface area contributed by atoms with E-state index >= 15 is 0 Å². The molecule has 0 aromatic heterocycles. The van der Waals surface area contributed by atoms with Crippen molar-refractivity contribution in [3.05, 3.63) is 65.2 Å². The van der Waals surface area contributed by atoms with Gasteiger partial charge in [-0.3, -0.25) is 19.2 Å². The summed E-state index contributed by atoms with van der Waals surface area (Å²) in [6, 6.07) is 15.0. The van der Waals surface area contributed by atoms with E-state index in [-0.39, 0.29) is 69.5 Å². The molecule has 7 N–H and O–H groups in total. The standard InChI is InChI=1S/C38H57N7O7/c1-36(2,35(49)42-8)18-20-51-37(3,4)21-30(46)43-19-17-32(48)44-22-26-13-9-10-14-27(26)34(33(39)28-15-11-12-16-29(28)44)45(40)24-38(5,6)52-25-50-23-31(47)41-7/h9-16H,17-25,39-40H2,1-8H3,(H,41,47)(H,42,49)(H,43,46)/b34-33-. The lowest BCUT2D eigenvalue weighted by Gasteiger charge is -2.36. The van der Waals surface area contributed by atoms with Gasteiger partial charge >= 0.3 is 0 Å². The van der Waals surface area contributed by atoms with Crippen LogP contribution in [0.1, 0.15) is 77.5 Å². The van der Waals surface area contributed by atoms with E-state index in [0.717, 1.165) is 11.1 Å². The second-order valence-corrected chi connectivity index (χ2v) is 14.7. The predicted molar refractivity (Wildman–Crippen MR) is 201 cm³/mol. The molecule has 0 aliphatic carbocycles. The van der Waals surface area contributed by atoms with Crippen molar-refractivity contribution in [2.24, 2.45) is 17.0 Å². The molecule has 4 amide bonds. The fourth-order valence-corrected chi connectivity index (χ4v) is 5.81. The summed E-state index contributed by atoms with van der Waals surface area (Å²) in [5, 5.41) is 9.57. The molecule has 0 unspecified atom stereocenters. The van der Waals surface area contributed by atoms with Crippen molar-refractivity contribution in [2.75, 3.05) is 52.1 Å². The van der Waals surface area contributed by atoms with Crippen LogP contribution < -0.4 is 32.4 Å². The second-order valence-electron chi connectivity index (χ2n) is 14.7. The minimum absolute atomic E-state index is 0.0524. The topological polar surface area (TPSA) is 191 Å². The molecule has 2 aromatic carbocycles. The van der Waals surface area contributed by atoms with Gasteiger partial charge in [-0.1, -0.05) is 56.3 Å². The third-order valence-electron chi connectivity index (χ3n) is 8.83. The van der Waals surface area contributed by atoms with Gasteiger partial charge in [-0.15, -0.1) is 0 Å². The summed E-state index contributed by atoms with van der Waals surface area (Å²) >= 11 is 0. The number of nitrogens with two attached hydrogens (primary N) is 2. The molecule has 0 bridgehead atoms. The summed E-state index contributed by atoms with van der Waals surface area (Å²) in [7, 11) is 3.13. The number of fused-ring (bicyclic) bond motifs is 2. The highest BCUT2D eigenvalue weighted by Gasteiger charge is 2.31. The molecule has 286 valence electrons. The van der Waals surface area contributed by atoms with Crippen LogP contribution in [-0.4, -0.2) is 87.0 Å². The first-order chi connectivity index (χ1) is 24.4. The largest absolute Gasteiger partial charge is 0.396 e. The molecule has 2 aromatic rings. The number of hydrazine groups is 1. The molecule has 3 rings (SSSR count). The Labute approximate surface area is 307 Å². The monoisotopic (exact) mass is 723 g/mol. The van der Waals surface area contributed by atoms with Crippen LogP contribution in [0.3, 0.4) is 0 Å². The van der Waals surface area contributed by atoms with Crippen LogP contribution >= 0.6 is 0 Å². The Morgan fingerprint density at radius 2 is 1.52 bits per heavy atom. The molecule has 0 saturated carbocycles. The quantitative estimate of drug-likeness (QED) is 0.0662. The molecule has 1 aliphatic heterocycles. The maximum atomic E-state index is 13.9. The average molecular weight is 724 g/mol. The number of rotatable bonds is 18. The number of nitrogens with one attached hydrogen (secondary N) is 3. The summed E-state index contributed by atoms with van der Waals surface area (Å²) in [6.07, 6.45) is 0.642. The Kier molecular flexibility index (Phi) is 14.8. The highest BCUT2D eigenvalue weighted by atomic mass is 16.7. The maximum Gasteiger partial charge on any atom is 0.245 e. The van der Waals surface area contributed by atoms with E-state index < -0.39 is 16.6 Å². The first kappa shape index (κ1) is 41.9. The molecule has 14 nitrogen and oxygen atoms in total. The molecular weight excluding hydrogens is 666 g/mol. The van der Waals surface area contributed by atoms with Crippen LogP contribution in [0.2, 0.25) is 0 Å². The van der Waals surface area contributed by atoms with E-state index in [2.05, 4.69) is 16.0 Å². The van der Waals surface area contributed by atoms with Crippen molar-refractivity contribution in [1.82, 2.24) is 21.0 Å². The van der Waals surface area contributed by atoms with Gasteiger partial charge in [-0.2, -0.15) is 0 Å². The van der Waals surface area contributed by atoms with Crippen LogP contribution in [0, 0.1) is 5.41 Å². The number of anilines is 1. The second kappa shape index (κ2) is 18.3. The van der Waals surface area contributed by atoms with Gasteiger partial charge in [-0.05, 0) is 45.7 Å². The average Bonchev–Trinajstić information content (AvgIpc) is 3.07. The smallest absolute Gasteiger partial charge is 0.245 e. The van der Waals surface area contributed by atoms with E-state index in [1.807, 2.05) is 90.1 Å². The van der Waals surface area contributed by atoms with Crippen molar-refractivity contribution < 1.29 is 33.4 Å². The number of para-hydroxylation sites is 1. The van der Waals surface area contributed by atoms with E-state index in [0.29, 0.717) is 35.7 Å². The Bertz CT molecular complexity index is 1610. The Hall–Kier alpha value is -4.50. The third kappa shape index (κ3) is 11.8. The molecule has 14 heteroatoms. The minimum Gasteiger partial charge on any atom is -0.396 e. The lowest BCUT2D eigenvalue weighted by molar-refractivity contribution is -0.148. The number of likely N-dealkylation sites (N-methyl/N-ethyl adjacent to an activating group) is 1. The molecule has 0 fully saturated rings. The Morgan fingerprint density at radius 3 is 2.19 bits per heavy atom. The fraction of sp³-hybridized carbons (Fsp3) is 0.526. The Balaban J connectivity index is 1.73. The number of carbonyl (C=O) groups excluding carboxylic acids is 4. The van der Waals surface area contributed by atoms with Gasteiger partial charge in [0.25, 0.3) is 0 Å². The molecule has 0 spiro atoms. The fourth-order valence-electron chi connectivity index (χ4n) is 5.81.